The van der Waals surface area contributed by atoms with Gasteiger partial charge in [0.1, 0.15) is 12.4 Å². The minimum Gasteiger partial charge on any atom is -0.433 e. The summed E-state index contributed by atoms with van der Waals surface area (Å²) in [5.41, 5.74) is -1.93. The van der Waals surface area contributed by atoms with Crippen molar-refractivity contribution in [2.75, 3.05) is 6.61 Å². The summed E-state index contributed by atoms with van der Waals surface area (Å²) in [4.78, 5) is 23.8. The van der Waals surface area contributed by atoms with Crippen LogP contribution in [0.15, 0.2) is 0 Å². The third-order valence-corrected chi connectivity index (χ3v) is 6.40. The Kier molecular flexibility index (Phi) is 7.66. The maximum Gasteiger partial charge on any atom is 0.514 e. The summed E-state index contributed by atoms with van der Waals surface area (Å²) < 4.78 is 76.5. The molecular weight excluding hydrogens is 411 g/mol. The van der Waals surface area contributed by atoms with Crippen LogP contribution in [0.3, 0.4) is 0 Å². The summed E-state index contributed by atoms with van der Waals surface area (Å²) >= 11 is 0. The Bertz CT molecular complexity index is 806. The topological polar surface area (TPSA) is 52.6 Å². The zero-order valence-corrected chi connectivity index (χ0v) is 18.1. The summed E-state index contributed by atoms with van der Waals surface area (Å²) in [7, 11) is 0. The van der Waals surface area contributed by atoms with E-state index in [0.717, 1.165) is 0 Å². The Morgan fingerprint density at radius 3 is 1.63 bits per heavy atom. The number of carbonyl (C=O) groups is 2. The number of hydrogen-bond acceptors (Lipinski definition) is 4. The van der Waals surface area contributed by atoms with Crippen LogP contribution in [-0.4, -0.2) is 18.5 Å². The van der Waals surface area contributed by atoms with E-state index in [9.17, 15) is 31.5 Å². The molecule has 9 heteroatoms. The van der Waals surface area contributed by atoms with Crippen LogP contribution in [-0.2, 0) is 9.53 Å². The van der Waals surface area contributed by atoms with Gasteiger partial charge in [-0.25, -0.2) is 18.0 Å². The van der Waals surface area contributed by atoms with Crippen molar-refractivity contribution in [3.63, 3.8) is 0 Å². The number of halogens is 5. The van der Waals surface area contributed by atoms with Crippen molar-refractivity contribution >= 4 is 11.9 Å². The van der Waals surface area contributed by atoms with Crippen molar-refractivity contribution in [1.82, 2.24) is 0 Å². The highest BCUT2D eigenvalue weighted by Crippen LogP contribution is 2.55. The van der Waals surface area contributed by atoms with E-state index in [0.29, 0.717) is 6.42 Å². The van der Waals surface area contributed by atoms with Gasteiger partial charge >= 0.3 is 6.16 Å². The van der Waals surface area contributed by atoms with Crippen molar-refractivity contribution in [2.24, 2.45) is 16.2 Å². The molecule has 0 spiro atoms. The first-order valence-electron chi connectivity index (χ1n) is 9.38. The van der Waals surface area contributed by atoms with Gasteiger partial charge in [0.15, 0.2) is 0 Å². The lowest BCUT2D eigenvalue weighted by Crippen LogP contribution is -2.51. The fourth-order valence-corrected chi connectivity index (χ4v) is 3.50. The van der Waals surface area contributed by atoms with Crippen LogP contribution < -0.4 is 4.74 Å². The maximum absolute atomic E-state index is 13.7. The molecule has 1 atom stereocenters. The van der Waals surface area contributed by atoms with Crippen LogP contribution in [0.5, 0.6) is 5.75 Å². The molecule has 0 N–H and O–H groups in total. The Hall–Kier alpha value is -2.19. The molecule has 1 aromatic carbocycles. The van der Waals surface area contributed by atoms with Crippen molar-refractivity contribution in [3.8, 4) is 5.75 Å². The van der Waals surface area contributed by atoms with Crippen molar-refractivity contribution in [2.45, 2.75) is 61.3 Å². The molecular formula is C21H27F5O4. The number of Topliss-reactive ketones (excluding diaryl/α,β-unsaturated/α-hetero) is 1. The Balaban J connectivity index is 3.18. The Morgan fingerprint density at radius 2 is 1.23 bits per heavy atom. The van der Waals surface area contributed by atoms with Crippen molar-refractivity contribution in [3.05, 3.63) is 29.1 Å². The molecule has 0 radical (unpaired) electrons. The van der Waals surface area contributed by atoms with E-state index in [4.69, 9.17) is 4.74 Å². The average molecular weight is 438 g/mol. The predicted octanol–water partition coefficient (Wildman–Crippen LogP) is 6.35. The zero-order valence-electron chi connectivity index (χ0n) is 18.1. The van der Waals surface area contributed by atoms with Crippen LogP contribution in [0.2, 0.25) is 0 Å². The van der Waals surface area contributed by atoms with Gasteiger partial charge < -0.3 is 14.3 Å². The third-order valence-electron chi connectivity index (χ3n) is 6.40. The lowest BCUT2D eigenvalue weighted by Gasteiger charge is -2.53. The summed E-state index contributed by atoms with van der Waals surface area (Å²) in [5.74, 6) is -13.2. The van der Waals surface area contributed by atoms with E-state index in [2.05, 4.69) is 4.74 Å². The van der Waals surface area contributed by atoms with Crippen LogP contribution >= 0.6 is 0 Å². The highest BCUT2D eigenvalue weighted by atomic mass is 19.2. The molecule has 0 fully saturated rings. The second-order valence-corrected chi connectivity index (χ2v) is 8.87. The van der Waals surface area contributed by atoms with E-state index in [1.165, 1.54) is 6.92 Å². The van der Waals surface area contributed by atoms with Crippen LogP contribution in [0, 0.1) is 45.3 Å². The normalized spacial score (nSPS) is 14.3. The lowest BCUT2D eigenvalue weighted by molar-refractivity contribution is -0.128. The SMILES string of the molecule is CCC(C)(C)C(C)(COC(=O)Oc1c(F)c(F)c(F)c(F)c1F)C(C)(C)CC(C)=O. The second-order valence-electron chi connectivity index (χ2n) is 8.87. The highest BCUT2D eigenvalue weighted by Gasteiger charge is 2.52. The van der Waals surface area contributed by atoms with E-state index >= 15 is 0 Å². The highest BCUT2D eigenvalue weighted by molar-refractivity contribution is 5.76. The molecule has 1 rings (SSSR count). The minimum absolute atomic E-state index is 0.0814. The van der Waals surface area contributed by atoms with Gasteiger partial charge in [-0.05, 0) is 17.8 Å². The molecule has 0 aliphatic heterocycles. The summed E-state index contributed by atoms with van der Waals surface area (Å²) in [5, 5.41) is 0. The third kappa shape index (κ3) is 4.75. The van der Waals surface area contributed by atoms with Crippen LogP contribution in [0.25, 0.3) is 0 Å². The van der Waals surface area contributed by atoms with Gasteiger partial charge in [-0.15, -0.1) is 0 Å². The number of hydrogen-bond donors (Lipinski definition) is 0. The standard InChI is InChI=1S/C21H27F5O4/c1-8-19(3,4)21(7,20(5,6)9-11(2)27)10-29-18(28)30-17-15(25)13(23)12(22)14(24)16(17)26/h8-10H2,1-7H3. The molecule has 1 unspecified atom stereocenters. The smallest absolute Gasteiger partial charge is 0.433 e. The molecule has 0 saturated carbocycles. The minimum atomic E-state index is -2.37. The van der Waals surface area contributed by atoms with Gasteiger partial charge in [0.25, 0.3) is 0 Å². The monoisotopic (exact) mass is 438 g/mol. The van der Waals surface area contributed by atoms with Gasteiger partial charge in [0, 0.05) is 11.8 Å². The predicted molar refractivity (Wildman–Crippen MR) is 99.5 cm³/mol. The van der Waals surface area contributed by atoms with Gasteiger partial charge in [0.05, 0.1) is 0 Å². The quantitative estimate of drug-likeness (QED) is 0.156. The number of rotatable bonds is 8. The molecule has 0 heterocycles. The van der Waals surface area contributed by atoms with E-state index in [1.807, 2.05) is 34.6 Å². The summed E-state index contributed by atoms with van der Waals surface area (Å²) in [6, 6.07) is 0. The molecule has 1 aromatic rings. The summed E-state index contributed by atoms with van der Waals surface area (Å²) in [6.45, 7) is 12.3. The first kappa shape index (κ1) is 25.8. The number of benzene rings is 1. The van der Waals surface area contributed by atoms with Crippen LogP contribution in [0.1, 0.15) is 61.3 Å². The molecule has 0 bridgehead atoms. The van der Waals surface area contributed by atoms with Gasteiger partial charge in [0.2, 0.25) is 34.8 Å². The number of ketones is 1. The second kappa shape index (κ2) is 8.89. The fraction of sp³-hybridized carbons (Fsp3) is 0.619. The molecule has 170 valence electrons. The molecule has 0 saturated heterocycles. The van der Waals surface area contributed by atoms with E-state index in [1.54, 1.807) is 6.92 Å². The molecule has 0 aromatic heterocycles. The number of carbonyl (C=O) groups excluding carboxylic acids is 2. The van der Waals surface area contributed by atoms with Gasteiger partial charge in [-0.3, -0.25) is 0 Å². The van der Waals surface area contributed by atoms with Gasteiger partial charge in [-0.1, -0.05) is 48.0 Å². The van der Waals surface area contributed by atoms with E-state index in [-0.39, 0.29) is 18.8 Å². The molecule has 4 nitrogen and oxygen atoms in total. The largest absolute Gasteiger partial charge is 0.514 e. The molecule has 30 heavy (non-hydrogen) atoms. The molecule has 0 aliphatic rings. The zero-order chi connectivity index (χ0) is 23.7. The lowest BCUT2D eigenvalue weighted by atomic mass is 9.52. The maximum atomic E-state index is 13.7. The first-order chi connectivity index (χ1) is 13.5. The van der Waals surface area contributed by atoms with Crippen molar-refractivity contribution in [1.29, 1.82) is 0 Å². The first-order valence-corrected chi connectivity index (χ1v) is 9.38. The van der Waals surface area contributed by atoms with Crippen molar-refractivity contribution < 1.29 is 41.0 Å². The Morgan fingerprint density at radius 1 is 0.800 bits per heavy atom. The van der Waals surface area contributed by atoms with E-state index < -0.39 is 57.2 Å². The van der Waals surface area contributed by atoms with Crippen LogP contribution in [0.4, 0.5) is 26.7 Å². The fourth-order valence-electron chi connectivity index (χ4n) is 3.50. The summed E-state index contributed by atoms with van der Waals surface area (Å²) in [6.07, 6.45) is -0.820. The van der Waals surface area contributed by atoms with Gasteiger partial charge in [-0.2, -0.15) is 8.78 Å². The number of ether oxygens (including phenoxy) is 2. The molecule has 0 aliphatic carbocycles. The molecule has 0 amide bonds. The Labute approximate surface area is 172 Å². The average Bonchev–Trinajstić information content (AvgIpc) is 2.64.